The normalized spacial score (nSPS) is 13.1. The van der Waals surface area contributed by atoms with Crippen LogP contribution in [0, 0.1) is 0 Å². The van der Waals surface area contributed by atoms with Crippen LogP contribution in [-0.4, -0.2) is 25.2 Å². The molecule has 1 atom stereocenters. The molecule has 0 saturated heterocycles. The number of carbonyl (C=O) groups excluding carboxylic acids is 1. The predicted octanol–water partition coefficient (Wildman–Crippen LogP) is 5.77. The number of carbonyl (C=O) groups is 1. The second-order valence-corrected chi connectivity index (χ2v) is 5.81. The number of alkyl carbamates (subject to hydrolysis) is 1. The number of allylic oxidation sites excluding steroid dienone is 4. The average Bonchev–Trinajstić information content (AvgIpc) is 2.59. The van der Waals surface area contributed by atoms with Crippen LogP contribution in [0.5, 0.6) is 11.5 Å². The van der Waals surface area contributed by atoms with E-state index in [0.29, 0.717) is 5.70 Å². The van der Waals surface area contributed by atoms with Crippen LogP contribution in [0.4, 0.5) is 18.0 Å². The summed E-state index contributed by atoms with van der Waals surface area (Å²) in [6.45, 7) is 6.93. The molecule has 0 radical (unpaired) electrons. The third-order valence-electron chi connectivity index (χ3n) is 3.01. The summed E-state index contributed by atoms with van der Waals surface area (Å²) in [5.41, 5.74) is 0.495. The first kappa shape index (κ1) is 23.4. The van der Waals surface area contributed by atoms with Crippen LogP contribution in [-0.2, 0) is 4.74 Å². The van der Waals surface area contributed by atoms with E-state index in [2.05, 4.69) is 16.6 Å². The van der Waals surface area contributed by atoms with Gasteiger partial charge >= 0.3 is 12.5 Å². The number of hydrogen-bond acceptors (Lipinski definition) is 4. The molecule has 0 spiro atoms. The standard InChI is InChI=1S/C19H21ClF3NO4/c1-4-6-9-14(8-5-2)24-18(25)27-13(3)12-26-15-10-7-11-16(17(15)20)28-19(21,22)23/h5-11,13H,2,4,12H2,1,3H3,(H,24,25)/b9-6-,14-8+. The zero-order chi connectivity index (χ0) is 21.2. The minimum atomic E-state index is -4.88. The van der Waals surface area contributed by atoms with Crippen LogP contribution in [0.1, 0.15) is 20.3 Å². The number of ether oxygens (including phenoxy) is 3. The van der Waals surface area contributed by atoms with E-state index >= 15 is 0 Å². The highest BCUT2D eigenvalue weighted by Crippen LogP contribution is 2.36. The van der Waals surface area contributed by atoms with Gasteiger partial charge in [0.15, 0.2) is 5.75 Å². The first-order valence-electron chi connectivity index (χ1n) is 8.30. The number of benzene rings is 1. The Morgan fingerprint density at radius 3 is 2.64 bits per heavy atom. The molecule has 1 unspecified atom stereocenters. The third kappa shape index (κ3) is 8.85. The summed E-state index contributed by atoms with van der Waals surface area (Å²) in [7, 11) is 0. The van der Waals surface area contributed by atoms with E-state index in [0.717, 1.165) is 12.5 Å². The summed E-state index contributed by atoms with van der Waals surface area (Å²) >= 11 is 5.86. The van der Waals surface area contributed by atoms with Crippen molar-refractivity contribution in [3.05, 3.63) is 59.8 Å². The van der Waals surface area contributed by atoms with E-state index in [1.807, 2.05) is 13.0 Å². The van der Waals surface area contributed by atoms with Gasteiger partial charge in [-0.3, -0.25) is 5.32 Å². The van der Waals surface area contributed by atoms with Crippen LogP contribution in [0.2, 0.25) is 5.02 Å². The monoisotopic (exact) mass is 419 g/mol. The van der Waals surface area contributed by atoms with Crippen LogP contribution >= 0.6 is 11.6 Å². The predicted molar refractivity (Wildman–Crippen MR) is 100 cm³/mol. The lowest BCUT2D eigenvalue weighted by Gasteiger charge is -2.17. The molecule has 0 fully saturated rings. The van der Waals surface area contributed by atoms with Crippen LogP contribution < -0.4 is 14.8 Å². The van der Waals surface area contributed by atoms with Crippen LogP contribution in [0.15, 0.2) is 54.8 Å². The third-order valence-corrected chi connectivity index (χ3v) is 3.38. The number of nitrogens with one attached hydrogen (secondary N) is 1. The van der Waals surface area contributed by atoms with Crippen molar-refractivity contribution < 1.29 is 32.2 Å². The molecule has 1 amide bonds. The highest BCUT2D eigenvalue weighted by molar-refractivity contribution is 6.33. The van der Waals surface area contributed by atoms with Crippen molar-refractivity contribution in [3.8, 4) is 11.5 Å². The molecule has 9 heteroatoms. The second kappa shape index (κ2) is 11.3. The fourth-order valence-electron chi connectivity index (χ4n) is 1.89. The molecule has 5 nitrogen and oxygen atoms in total. The van der Waals surface area contributed by atoms with Crippen molar-refractivity contribution in [2.75, 3.05) is 6.61 Å². The Morgan fingerprint density at radius 1 is 1.36 bits per heavy atom. The zero-order valence-corrected chi connectivity index (χ0v) is 16.1. The Labute approximate surface area is 166 Å². The van der Waals surface area contributed by atoms with Gasteiger partial charge < -0.3 is 14.2 Å². The number of amides is 1. The summed E-state index contributed by atoms with van der Waals surface area (Å²) < 4.78 is 51.3. The molecule has 1 aromatic carbocycles. The second-order valence-electron chi connectivity index (χ2n) is 5.44. The molecule has 1 N–H and O–H groups in total. The lowest BCUT2D eigenvalue weighted by atomic mass is 10.3. The van der Waals surface area contributed by atoms with Gasteiger partial charge in [-0.25, -0.2) is 4.79 Å². The van der Waals surface area contributed by atoms with Gasteiger partial charge in [-0.2, -0.15) is 0 Å². The summed E-state index contributed by atoms with van der Waals surface area (Å²) in [6, 6.07) is 3.74. The Bertz CT molecular complexity index is 732. The maximum Gasteiger partial charge on any atom is 0.573 e. The zero-order valence-electron chi connectivity index (χ0n) is 15.4. The van der Waals surface area contributed by atoms with Crippen molar-refractivity contribution in [1.82, 2.24) is 5.32 Å². The van der Waals surface area contributed by atoms with Gasteiger partial charge in [0.05, 0.1) is 0 Å². The molecule has 0 saturated carbocycles. The lowest BCUT2D eigenvalue weighted by Crippen LogP contribution is -2.29. The average molecular weight is 420 g/mol. The van der Waals surface area contributed by atoms with Gasteiger partial charge in [0.25, 0.3) is 0 Å². The number of rotatable bonds is 9. The van der Waals surface area contributed by atoms with Crippen LogP contribution in [0.25, 0.3) is 0 Å². The van der Waals surface area contributed by atoms with E-state index in [4.69, 9.17) is 21.1 Å². The molecule has 28 heavy (non-hydrogen) atoms. The van der Waals surface area contributed by atoms with E-state index in [1.165, 1.54) is 18.2 Å². The molecule has 1 aromatic rings. The maximum atomic E-state index is 12.3. The van der Waals surface area contributed by atoms with Gasteiger partial charge in [0, 0.05) is 5.70 Å². The molecule has 0 heterocycles. The van der Waals surface area contributed by atoms with Crippen molar-refractivity contribution in [2.45, 2.75) is 32.7 Å². The van der Waals surface area contributed by atoms with Gasteiger partial charge in [-0.15, -0.1) is 13.2 Å². The Kier molecular flexibility index (Phi) is 9.44. The molecular formula is C19H21ClF3NO4. The van der Waals surface area contributed by atoms with Crippen molar-refractivity contribution in [3.63, 3.8) is 0 Å². The Hall–Kier alpha value is -2.61. The van der Waals surface area contributed by atoms with Gasteiger partial charge in [-0.05, 0) is 37.6 Å². The van der Waals surface area contributed by atoms with Crippen molar-refractivity contribution in [1.29, 1.82) is 0 Å². The number of halogens is 4. The first-order chi connectivity index (χ1) is 13.2. The minimum absolute atomic E-state index is 0.0302. The minimum Gasteiger partial charge on any atom is -0.488 e. The quantitative estimate of drug-likeness (QED) is 0.516. The summed E-state index contributed by atoms with van der Waals surface area (Å²) in [6.07, 6.45) is 1.15. The van der Waals surface area contributed by atoms with Crippen molar-refractivity contribution in [2.24, 2.45) is 0 Å². The highest BCUT2D eigenvalue weighted by Gasteiger charge is 2.32. The van der Waals surface area contributed by atoms with Gasteiger partial charge in [0.2, 0.25) is 0 Å². The lowest BCUT2D eigenvalue weighted by molar-refractivity contribution is -0.274. The molecule has 1 rings (SSSR count). The molecule has 154 valence electrons. The molecule has 0 aliphatic heterocycles. The summed E-state index contributed by atoms with van der Waals surface area (Å²) in [4.78, 5) is 11.9. The number of hydrogen-bond donors (Lipinski definition) is 1. The first-order valence-corrected chi connectivity index (χ1v) is 8.68. The van der Waals surface area contributed by atoms with E-state index in [-0.39, 0.29) is 17.4 Å². The maximum absolute atomic E-state index is 12.3. The van der Waals surface area contributed by atoms with Gasteiger partial charge in [-0.1, -0.05) is 43.3 Å². The fraction of sp³-hybridized carbons (Fsp3) is 0.316. The molecule has 0 aromatic heterocycles. The molecule has 0 aliphatic carbocycles. The van der Waals surface area contributed by atoms with E-state index in [9.17, 15) is 18.0 Å². The SMILES string of the molecule is C=C/C=C(\C=C/CC)NC(=O)OC(C)COc1cccc(OC(F)(F)F)c1Cl. The number of alkyl halides is 3. The van der Waals surface area contributed by atoms with Gasteiger partial charge in [0.1, 0.15) is 23.5 Å². The highest BCUT2D eigenvalue weighted by atomic mass is 35.5. The smallest absolute Gasteiger partial charge is 0.488 e. The molecule has 0 bridgehead atoms. The summed E-state index contributed by atoms with van der Waals surface area (Å²) in [5.74, 6) is -0.614. The molecule has 0 aliphatic rings. The van der Waals surface area contributed by atoms with E-state index in [1.54, 1.807) is 19.1 Å². The Morgan fingerprint density at radius 2 is 2.04 bits per heavy atom. The van der Waals surface area contributed by atoms with Crippen LogP contribution in [0.3, 0.4) is 0 Å². The fourth-order valence-corrected chi connectivity index (χ4v) is 2.11. The Balaban J connectivity index is 2.63. The topological polar surface area (TPSA) is 56.8 Å². The molecular weight excluding hydrogens is 399 g/mol. The summed E-state index contributed by atoms with van der Waals surface area (Å²) in [5, 5.41) is 2.21. The van der Waals surface area contributed by atoms with Crippen molar-refractivity contribution >= 4 is 17.7 Å². The van der Waals surface area contributed by atoms with E-state index < -0.39 is 24.3 Å². The largest absolute Gasteiger partial charge is 0.573 e.